The fourth-order valence-corrected chi connectivity index (χ4v) is 8.93. The summed E-state index contributed by atoms with van der Waals surface area (Å²) in [4.78, 5) is 92.8. The smallest absolute Gasteiger partial charge is 0.410 e. The minimum absolute atomic E-state index is 0.0720. The number of alkyl carbamates (subject to hydrolysis) is 3. The molecular weight excluding hydrogens is 1120 g/mol. The lowest BCUT2D eigenvalue weighted by Crippen LogP contribution is -2.68. The molecule has 2 heterocycles. The quantitative estimate of drug-likeness (QED) is 0.0307. The highest BCUT2D eigenvalue weighted by molar-refractivity contribution is 5.81. The lowest BCUT2D eigenvalue weighted by molar-refractivity contribution is -0.384. The van der Waals surface area contributed by atoms with Crippen molar-refractivity contribution in [2.45, 2.75) is 212 Å². The Balaban J connectivity index is 1.74. The van der Waals surface area contributed by atoms with Crippen LogP contribution in [-0.4, -0.2) is 214 Å². The molecule has 1 aromatic rings. The molecule has 9 N–H and O–H groups in total. The summed E-state index contributed by atoms with van der Waals surface area (Å²) in [5, 5.41) is 71.1. The highest BCUT2D eigenvalue weighted by Gasteiger charge is 2.51. The van der Waals surface area contributed by atoms with Crippen molar-refractivity contribution in [1.29, 1.82) is 0 Å². The molecule has 0 spiro atoms. The van der Waals surface area contributed by atoms with Gasteiger partial charge in [-0.3, -0.25) is 14.9 Å². The molecule has 1 saturated carbocycles. The predicted octanol–water partition coefficient (Wildman–Crippen LogP) is 3.81. The number of aliphatic hydroxyl groups is 4. The third-order valence-corrected chi connectivity index (χ3v) is 13.1. The monoisotopic (exact) mass is 1210 g/mol. The zero-order valence-electron chi connectivity index (χ0n) is 51.4. The summed E-state index contributed by atoms with van der Waals surface area (Å²) in [6.45, 7) is 21.0. The minimum atomic E-state index is -1.94. The number of carbonyl (C=O) groups excluding carboxylic acids is 6. The fourth-order valence-electron chi connectivity index (χ4n) is 8.93. The van der Waals surface area contributed by atoms with Crippen molar-refractivity contribution in [3.8, 4) is 0 Å². The normalized spacial score (nSPS) is 23.3. The number of rotatable bonds is 24. The van der Waals surface area contributed by atoms with Crippen LogP contribution < -0.4 is 26.6 Å². The molecule has 85 heavy (non-hydrogen) atoms. The lowest BCUT2D eigenvalue weighted by Gasteiger charge is -2.48. The zero-order valence-corrected chi connectivity index (χ0v) is 51.4. The van der Waals surface area contributed by atoms with E-state index in [1.807, 2.05) is 0 Å². The number of nitro groups is 1. The summed E-state index contributed by atoms with van der Waals surface area (Å²) in [5.74, 6) is -0.910. The molecular formula is C56H92N8O21. The Morgan fingerprint density at radius 3 is 2.04 bits per heavy atom. The summed E-state index contributed by atoms with van der Waals surface area (Å²) in [6.07, 6.45) is -14.0. The first-order chi connectivity index (χ1) is 39.4. The van der Waals surface area contributed by atoms with Gasteiger partial charge in [-0.25, -0.2) is 24.0 Å². The molecule has 1 aliphatic carbocycles. The van der Waals surface area contributed by atoms with Crippen molar-refractivity contribution in [3.05, 3.63) is 51.8 Å². The fraction of sp³-hybridized carbons (Fsp3) is 0.750. The standard InChI is InChI=1S/C56H92N8O21/c1-32(62(14)51(73)84-55(8,9)10)41(67)47(77-26-25-65)81-43-38(60-45(69)40(66)21-23-57-49(71)82-53(2,3)4)27-39(61-50(72)83-54(5,6)7)44(42(43)68)80-46-37(58-28-34-22-24-63(30-34)52(74)85-56(11,12)13)20-19-36(79-46)29-59-48(70)78-31-33-15-17-35(18-16-33)64(75)76/h15-19,32,34,37-44,46-47,58,65-68H,20-31H2,1-14H3,(H,57,71)(H,59,70)(H,60,69)(H,61,72)/t32-,34?,37+,38+,39-,40-,41+,42+,43-,44+,46+,47+/m0/s1. The number of aliphatic hydroxyl groups excluding tert-OH is 4. The molecule has 29 heteroatoms. The molecule has 6 amide bonds. The van der Waals surface area contributed by atoms with Gasteiger partial charge in [0.1, 0.15) is 65.3 Å². The highest BCUT2D eigenvalue weighted by atomic mass is 16.7. The maximum absolute atomic E-state index is 14.0. The Morgan fingerprint density at radius 1 is 0.824 bits per heavy atom. The zero-order chi connectivity index (χ0) is 63.8. The van der Waals surface area contributed by atoms with E-state index in [2.05, 4.69) is 26.6 Å². The SMILES string of the molecule is C[C@@H]([C@@H](O)[C@H](OCCO)O[C@@H]1[C@@H](O)[C@H](O[C@H]2OC(CNC(=O)OCc3ccc([N+](=O)[O-])cc3)=CC[C@H]2NCC2CCN(C(=O)OC(C)(C)C)C2)[C@@H](NC(=O)OC(C)(C)C)C[C@H]1NC(=O)[C@@H](O)CCNC(=O)OC(C)(C)C)N(C)C(=O)OC(C)(C)C. The average molecular weight is 1210 g/mol. The van der Waals surface area contributed by atoms with Gasteiger partial charge in [-0.1, -0.05) is 0 Å². The number of nitro benzene ring substituents is 1. The van der Waals surface area contributed by atoms with Crippen LogP contribution in [0.1, 0.15) is 121 Å². The number of nitrogens with one attached hydrogen (secondary N) is 5. The van der Waals surface area contributed by atoms with Gasteiger partial charge in [0.05, 0.1) is 48.8 Å². The molecule has 29 nitrogen and oxygen atoms in total. The van der Waals surface area contributed by atoms with E-state index in [-0.39, 0.29) is 56.3 Å². The topological polar surface area (TPSA) is 376 Å². The van der Waals surface area contributed by atoms with Gasteiger partial charge in [-0.15, -0.1) is 0 Å². The number of non-ortho nitro benzene ring substituents is 1. The van der Waals surface area contributed by atoms with E-state index in [1.54, 1.807) is 94.1 Å². The van der Waals surface area contributed by atoms with E-state index < -0.39 is 144 Å². The first kappa shape index (κ1) is 71.1. The summed E-state index contributed by atoms with van der Waals surface area (Å²) in [6, 6.07) is 0.856. The number of hydrogen-bond donors (Lipinski definition) is 9. The number of nitrogens with zero attached hydrogens (tertiary/aromatic N) is 3. The molecule has 3 aliphatic rings. The van der Waals surface area contributed by atoms with Crippen LogP contribution >= 0.6 is 0 Å². The summed E-state index contributed by atoms with van der Waals surface area (Å²) >= 11 is 0. The van der Waals surface area contributed by atoms with Crippen LogP contribution in [0.5, 0.6) is 0 Å². The van der Waals surface area contributed by atoms with Crippen molar-refractivity contribution in [2.75, 3.05) is 53.0 Å². The van der Waals surface area contributed by atoms with Gasteiger partial charge < -0.3 is 99.4 Å². The molecule has 0 aromatic heterocycles. The van der Waals surface area contributed by atoms with E-state index in [9.17, 15) is 59.3 Å². The third-order valence-electron chi connectivity index (χ3n) is 13.1. The maximum atomic E-state index is 14.0. The number of likely N-dealkylation sites (N-methyl/N-ethyl adjacent to an activating group) is 1. The van der Waals surface area contributed by atoms with Crippen LogP contribution in [0.15, 0.2) is 36.1 Å². The first-order valence-corrected chi connectivity index (χ1v) is 28.4. The Hall–Kier alpha value is -6.34. The van der Waals surface area contributed by atoms with Crippen molar-refractivity contribution in [3.63, 3.8) is 0 Å². The van der Waals surface area contributed by atoms with Crippen LogP contribution in [-0.2, 0) is 54.0 Å². The van der Waals surface area contributed by atoms with Crippen molar-refractivity contribution < 1.29 is 96.7 Å². The van der Waals surface area contributed by atoms with Crippen LogP contribution in [0.25, 0.3) is 0 Å². The second-order valence-electron chi connectivity index (χ2n) is 25.2. The number of likely N-dealkylation sites (tertiary alicyclic amines) is 1. The summed E-state index contributed by atoms with van der Waals surface area (Å²) in [5.41, 5.74) is -3.20. The Kier molecular flexibility index (Phi) is 26.2. The second-order valence-corrected chi connectivity index (χ2v) is 25.2. The largest absolute Gasteiger partial charge is 0.466 e. The van der Waals surface area contributed by atoms with Gasteiger partial charge in [0.15, 0.2) is 6.29 Å². The Morgan fingerprint density at radius 2 is 1.44 bits per heavy atom. The lowest BCUT2D eigenvalue weighted by atomic mass is 9.83. The number of benzene rings is 1. The van der Waals surface area contributed by atoms with Crippen LogP contribution in [0.2, 0.25) is 0 Å². The van der Waals surface area contributed by atoms with Crippen LogP contribution in [0.4, 0.5) is 29.7 Å². The second kappa shape index (κ2) is 31.3. The Labute approximate surface area is 496 Å². The molecule has 4 rings (SSSR count). The molecule has 12 atom stereocenters. The summed E-state index contributed by atoms with van der Waals surface area (Å²) in [7, 11) is 1.36. The van der Waals surface area contributed by atoms with Crippen molar-refractivity contribution >= 4 is 42.1 Å². The average Bonchev–Trinajstić information content (AvgIpc) is 2.26. The van der Waals surface area contributed by atoms with Crippen LogP contribution in [0.3, 0.4) is 0 Å². The predicted molar refractivity (Wildman–Crippen MR) is 303 cm³/mol. The summed E-state index contributed by atoms with van der Waals surface area (Å²) < 4.78 is 53.0. The molecule has 0 radical (unpaired) electrons. The molecule has 2 fully saturated rings. The first-order valence-electron chi connectivity index (χ1n) is 28.4. The van der Waals surface area contributed by atoms with E-state index in [0.717, 1.165) is 4.90 Å². The van der Waals surface area contributed by atoms with Gasteiger partial charge in [-0.05, 0) is 145 Å². The van der Waals surface area contributed by atoms with E-state index in [1.165, 1.54) is 38.2 Å². The minimum Gasteiger partial charge on any atom is -0.466 e. The highest BCUT2D eigenvalue weighted by Crippen LogP contribution is 2.33. The third kappa shape index (κ3) is 24.5. The van der Waals surface area contributed by atoms with E-state index in [4.69, 9.17) is 42.6 Å². The number of amides is 6. The molecule has 2 aliphatic heterocycles. The number of ether oxygens (including phenoxy) is 9. The molecule has 1 saturated heterocycles. The van der Waals surface area contributed by atoms with Crippen LogP contribution in [0, 0.1) is 16.0 Å². The molecule has 0 bridgehead atoms. The van der Waals surface area contributed by atoms with Crippen molar-refractivity contribution in [1.82, 2.24) is 36.4 Å². The number of hydrogen-bond acceptors (Lipinski definition) is 22. The van der Waals surface area contributed by atoms with Gasteiger partial charge in [0.25, 0.3) is 5.69 Å². The van der Waals surface area contributed by atoms with E-state index >= 15 is 0 Å². The van der Waals surface area contributed by atoms with E-state index in [0.29, 0.717) is 31.6 Å². The van der Waals surface area contributed by atoms with Crippen molar-refractivity contribution in [2.24, 2.45) is 5.92 Å². The maximum Gasteiger partial charge on any atom is 0.410 e. The van der Waals surface area contributed by atoms with Gasteiger partial charge in [0.2, 0.25) is 12.2 Å². The van der Waals surface area contributed by atoms with Gasteiger partial charge in [-0.2, -0.15) is 0 Å². The molecule has 1 unspecified atom stereocenters. The van der Waals surface area contributed by atoms with Gasteiger partial charge >= 0.3 is 30.5 Å². The van der Waals surface area contributed by atoms with Gasteiger partial charge in [0, 0.05) is 45.4 Å². The Bertz CT molecular complexity index is 2410. The molecule has 482 valence electrons. The number of carbonyl (C=O) groups is 6. The molecule has 1 aromatic carbocycles.